The first-order valence-corrected chi connectivity index (χ1v) is 49.0. The molecule has 25 rings (SSSR count). The predicted molar refractivity (Wildman–Crippen MR) is 536 cm³/mol. The number of aryl methyl sites for hydroxylation is 4. The van der Waals surface area contributed by atoms with Crippen molar-refractivity contribution in [2.45, 2.75) is 129 Å². The molecule has 32 nitrogen and oxygen atoms in total. The average Bonchev–Trinajstić information content (AvgIpc) is 0.731. The van der Waals surface area contributed by atoms with Gasteiger partial charge >= 0.3 is 41.8 Å². The maximum atomic E-state index is 14.2. The Hall–Kier alpha value is -17.4. The van der Waals surface area contributed by atoms with E-state index in [4.69, 9.17) is 34.6 Å². The first-order chi connectivity index (χ1) is 70.6. The van der Waals surface area contributed by atoms with Gasteiger partial charge in [0.2, 0.25) is 10.7 Å². The summed E-state index contributed by atoms with van der Waals surface area (Å²) in [6.45, 7) is 7.63. The number of phenols is 1. The molecule has 10 aromatic carbocycles. The maximum absolute atomic E-state index is 14.2. The van der Waals surface area contributed by atoms with Crippen LogP contribution in [0.15, 0.2) is 176 Å². The van der Waals surface area contributed by atoms with E-state index < -0.39 is 64.9 Å². The minimum absolute atomic E-state index is 0.0302. The van der Waals surface area contributed by atoms with Crippen LogP contribution in [0.4, 0.5) is 17.1 Å². The Morgan fingerprint density at radius 2 is 0.856 bits per heavy atom. The number of carboxylic acids is 6. The fourth-order valence-electron chi connectivity index (χ4n) is 23.9. The number of nitrogens with two attached hydrogens (primary N) is 2. The quantitative estimate of drug-likeness (QED) is 0.0186. The summed E-state index contributed by atoms with van der Waals surface area (Å²) in [5, 5.41) is 80.3. The van der Waals surface area contributed by atoms with Gasteiger partial charge in [0.25, 0.3) is 17.7 Å². The molecule has 32 heteroatoms. The van der Waals surface area contributed by atoms with Crippen LogP contribution in [0.5, 0.6) is 28.7 Å². The molecule has 3 amide bonds. The monoisotopic (exact) mass is 1960 g/mol. The van der Waals surface area contributed by atoms with Crippen molar-refractivity contribution in [2.24, 2.45) is 5.73 Å². The van der Waals surface area contributed by atoms with E-state index in [-0.39, 0.29) is 121 Å². The Morgan fingerprint density at radius 1 is 0.404 bits per heavy atom. The zero-order chi connectivity index (χ0) is 101. The third-order valence-corrected chi connectivity index (χ3v) is 30.2. The number of rotatable bonds is 16. The number of ether oxygens (including phenoxy) is 2. The summed E-state index contributed by atoms with van der Waals surface area (Å²) in [5.41, 5.74) is 29.6. The normalized spacial score (nSPS) is 15.7. The predicted octanol–water partition coefficient (Wildman–Crippen LogP) is 12.8. The van der Waals surface area contributed by atoms with Gasteiger partial charge < -0.3 is 85.5 Å². The first kappa shape index (κ1) is 92.3. The lowest BCUT2D eigenvalue weighted by molar-refractivity contribution is -0.172. The van der Waals surface area contributed by atoms with Crippen LogP contribution in [0.2, 0.25) is 0 Å². The fourth-order valence-corrected chi connectivity index (χ4v) is 23.9. The Labute approximate surface area is 829 Å². The molecular weight excluding hydrogens is 1870 g/mol. The SMILES string of the molecule is NCc1c2oc3cc(N)ccc3c(-c3ccc(C(=O)O)cc3C(=O)O)c-2ccc1=O.O=C(O)c1ccc(-c2c3ccc(=O)cc-3oc3c(CNC(=O)c4ccc(C5=c6cc7c8c(c6Oc6c5cc5c9c6CCCN9CCC5)CCC[N+]=8CCC7)c(C(=O)O)c4)c(O)ccc23)c(C(=O)O)c1.O=C(ON1C(=O)CCC1=O)c1ccc(C2=c3cc4c5c(c3Oc3c2cc2c6c3CCCN6CCC2)CCC[N+]=5CCC4)c(C(=O)O)c1. The van der Waals surface area contributed by atoms with Gasteiger partial charge in [-0.25, -0.2) is 42.7 Å². The summed E-state index contributed by atoms with van der Waals surface area (Å²) in [7, 11) is 0. The van der Waals surface area contributed by atoms with Crippen molar-refractivity contribution in [3.63, 3.8) is 0 Å². The topological polar surface area (TPSA) is 480 Å². The molecular formula is C114H94N8O24+2. The number of carbonyl (C=O) groups is 10. The van der Waals surface area contributed by atoms with E-state index >= 15 is 0 Å². The van der Waals surface area contributed by atoms with Crippen LogP contribution in [-0.4, -0.2) is 153 Å². The Balaban J connectivity index is 0.000000132. The van der Waals surface area contributed by atoms with Gasteiger partial charge in [0.15, 0.2) is 10.9 Å². The molecule has 0 aromatic heterocycles. The van der Waals surface area contributed by atoms with E-state index in [0.717, 1.165) is 234 Å². The van der Waals surface area contributed by atoms with Gasteiger partial charge in [-0.1, -0.05) is 24.3 Å². The standard InChI is InChI=1S/C55H43N3O11.C37H33N3O7.C22H16N2O6/c59-31-11-14-34-44(25-31)68-49-35(45(34)32-13-10-30(53(62)63)24-39(32)55(66)67)15-16-43(60)42(49)26-56-52(61)29-9-12-33(38(23-29)54(64)65)46-40-21-27-5-1-17-57-19-3-7-36(47(27)57)50(40)69-51-37-8-4-20-58-18-2-6-28(48(37)58)22-41(46)51;41-29-11-12-30(42)40(29)47-37(45)22-9-10-23(26(19-22)36(43)44)31-27-17-20-5-1-13-38-15-3-7-24(32(20)38)34(27)46-35-25-8-4-16-39-14-2-6-21(33(25)39)18-28(31)35;23-9-16-17(25)6-5-14-19(13-4-2-11(24)8-18(13)30-20(14)16)12-3-1-10(21(26)27)7-15(12)22(28)29/h9-16,21-25H,1-8,17-20,26H2,(H4-,56,59,60,61,62,63,64,65,66,67);9-10,17-19H,1-8,11-16H2;1-8H,9,23-24H2,(H,26,27)(H,28,29)/p+2. The molecule has 13 aliphatic heterocycles. The van der Waals surface area contributed by atoms with Gasteiger partial charge in [-0.15, -0.1) is 5.06 Å². The van der Waals surface area contributed by atoms with Crippen LogP contribution in [0.25, 0.3) is 78.0 Å². The summed E-state index contributed by atoms with van der Waals surface area (Å²) < 4.78 is 31.4. The number of hydroxylamine groups is 2. The number of benzene rings is 12. The number of phenolic OH excluding ortho intramolecular Hbond substituents is 1. The minimum atomic E-state index is -1.39. The highest BCUT2D eigenvalue weighted by Gasteiger charge is 2.43. The summed E-state index contributed by atoms with van der Waals surface area (Å²) in [6, 6.07) is 40.2. The van der Waals surface area contributed by atoms with E-state index in [1.165, 1.54) is 134 Å². The highest BCUT2D eigenvalue weighted by atomic mass is 16.7. The molecule has 732 valence electrons. The number of nitrogens with one attached hydrogen (secondary N) is 1. The number of fused-ring (bicyclic) bond motifs is 12. The zero-order valence-corrected chi connectivity index (χ0v) is 78.8. The van der Waals surface area contributed by atoms with Gasteiger partial charge in [0.05, 0.1) is 67.7 Å². The number of amides is 3. The lowest BCUT2D eigenvalue weighted by Crippen LogP contribution is -2.45. The molecule has 12 N–H and O–H groups in total. The average molecular weight is 1960 g/mol. The number of hydrogen-bond donors (Lipinski definition) is 10. The largest absolute Gasteiger partial charge is 0.507 e. The van der Waals surface area contributed by atoms with Crippen molar-refractivity contribution in [1.82, 2.24) is 19.5 Å². The van der Waals surface area contributed by atoms with E-state index in [2.05, 4.69) is 48.5 Å². The number of aromatic carboxylic acids is 6. The molecule has 0 unspecified atom stereocenters. The van der Waals surface area contributed by atoms with Crippen LogP contribution in [0, 0.1) is 0 Å². The summed E-state index contributed by atoms with van der Waals surface area (Å²) in [5.74, 6) is -7.24. The number of nitrogens with zero attached hydrogens (tertiary/aromatic N) is 5. The molecule has 1 saturated heterocycles. The number of carbonyl (C=O) groups excluding carboxylic acids is 4. The molecule has 146 heavy (non-hydrogen) atoms. The Kier molecular flexibility index (Phi) is 22.9. The maximum Gasteiger partial charge on any atom is 0.363 e. The molecule has 0 bridgehead atoms. The van der Waals surface area contributed by atoms with Gasteiger partial charge in [0, 0.05) is 194 Å². The second-order valence-electron chi connectivity index (χ2n) is 38.6. The second kappa shape index (κ2) is 36.2. The lowest BCUT2D eigenvalue weighted by atomic mass is 9.81. The molecule has 1 fully saturated rings. The number of anilines is 3. The van der Waals surface area contributed by atoms with E-state index in [9.17, 15) is 93.3 Å². The van der Waals surface area contributed by atoms with Crippen molar-refractivity contribution < 1.29 is 107 Å². The van der Waals surface area contributed by atoms with Gasteiger partial charge in [-0.2, -0.15) is 0 Å². The highest BCUT2D eigenvalue weighted by Crippen LogP contribution is 2.54. The van der Waals surface area contributed by atoms with E-state index in [1.807, 2.05) is 0 Å². The van der Waals surface area contributed by atoms with Gasteiger partial charge in [0.1, 0.15) is 77.6 Å². The number of nitrogen functional groups attached to an aromatic ring is 1. The van der Waals surface area contributed by atoms with Gasteiger partial charge in [-0.3, -0.25) is 24.0 Å². The molecule has 0 radical (unpaired) electrons. The first-order valence-electron chi connectivity index (χ1n) is 49.0. The molecule has 0 atom stereocenters. The fraction of sp³-hybridized carbons (Fsp3) is 0.246. The van der Waals surface area contributed by atoms with Crippen molar-refractivity contribution in [2.75, 3.05) is 67.9 Å². The highest BCUT2D eigenvalue weighted by molar-refractivity contribution is 6.13. The number of carboxylic acid groups (broad SMARTS) is 6. The third-order valence-electron chi connectivity index (χ3n) is 30.2. The Bertz CT molecular complexity index is 8620. The minimum Gasteiger partial charge on any atom is -0.507 e. The van der Waals surface area contributed by atoms with Gasteiger partial charge in [-0.05, 0) is 232 Å². The van der Waals surface area contributed by atoms with Crippen LogP contribution in [0.3, 0.4) is 0 Å². The molecule has 2 aliphatic carbocycles. The van der Waals surface area contributed by atoms with Crippen molar-refractivity contribution >= 4 is 110 Å². The van der Waals surface area contributed by atoms with Crippen LogP contribution >= 0.6 is 0 Å². The summed E-state index contributed by atoms with van der Waals surface area (Å²) >= 11 is 0. The van der Waals surface area contributed by atoms with Crippen LogP contribution in [0.1, 0.15) is 225 Å². The number of hydrogen-bond acceptors (Lipinski definition) is 22. The second-order valence-corrected chi connectivity index (χ2v) is 38.6. The summed E-state index contributed by atoms with van der Waals surface area (Å²) in [4.78, 5) is 161. The lowest BCUT2D eigenvalue weighted by Gasteiger charge is -2.39. The van der Waals surface area contributed by atoms with Crippen molar-refractivity contribution in [1.29, 1.82) is 0 Å². The molecule has 15 aliphatic rings. The molecule has 10 aromatic rings. The number of aromatic hydroxyl groups is 1. The van der Waals surface area contributed by atoms with Crippen LogP contribution in [-0.2, 0) is 78.9 Å². The van der Waals surface area contributed by atoms with Crippen molar-refractivity contribution in [3.8, 4) is 73.6 Å². The molecule has 0 spiro atoms. The Morgan fingerprint density at radius 3 is 1.38 bits per heavy atom. The third kappa shape index (κ3) is 15.5. The van der Waals surface area contributed by atoms with E-state index in [1.54, 1.807) is 42.5 Å². The smallest absolute Gasteiger partial charge is 0.363 e. The van der Waals surface area contributed by atoms with E-state index in [0.29, 0.717) is 60.5 Å². The summed E-state index contributed by atoms with van der Waals surface area (Å²) in [6.07, 6.45) is 15.3. The molecule has 0 saturated carbocycles. The zero-order valence-electron chi connectivity index (χ0n) is 78.8. The van der Waals surface area contributed by atoms with Crippen molar-refractivity contribution in [3.05, 3.63) is 322 Å². The van der Waals surface area contributed by atoms with Crippen LogP contribution < -0.4 is 77.2 Å². The number of imide groups is 1. The molecule has 13 heterocycles.